The molecule has 21 heavy (non-hydrogen) atoms. The quantitative estimate of drug-likeness (QED) is 0.763. The van der Waals surface area contributed by atoms with E-state index in [9.17, 15) is 9.18 Å². The summed E-state index contributed by atoms with van der Waals surface area (Å²) in [5.74, 6) is 5.36. The fraction of sp³-hybridized carbons (Fsp3) is 0.133. The summed E-state index contributed by atoms with van der Waals surface area (Å²) in [6.45, 7) is 0.728. The van der Waals surface area contributed by atoms with Gasteiger partial charge in [-0.1, -0.05) is 11.8 Å². The van der Waals surface area contributed by atoms with Gasteiger partial charge in [0.05, 0.1) is 13.1 Å². The van der Waals surface area contributed by atoms with Crippen LogP contribution in [-0.2, 0) is 6.54 Å². The third-order valence-electron chi connectivity index (χ3n) is 2.51. The van der Waals surface area contributed by atoms with Crippen LogP contribution in [0.15, 0.2) is 35.7 Å². The number of benzene rings is 1. The molecule has 4 N–H and O–H groups in total. The minimum atomic E-state index is -0.343. The molecular weight excluding hydrogens is 289 g/mol. The predicted octanol–water partition coefficient (Wildman–Crippen LogP) is 2.52. The molecule has 2 rings (SSSR count). The number of thiophene rings is 1. The molecule has 1 heterocycles. The second kappa shape index (κ2) is 7.43. The molecule has 2 amide bonds. The lowest BCUT2D eigenvalue weighted by Gasteiger charge is -2.06. The van der Waals surface area contributed by atoms with E-state index in [1.54, 1.807) is 0 Å². The zero-order valence-electron chi connectivity index (χ0n) is 11.2. The molecule has 0 saturated heterocycles. The van der Waals surface area contributed by atoms with Crippen LogP contribution in [0.1, 0.15) is 10.4 Å². The van der Waals surface area contributed by atoms with Crippen molar-refractivity contribution in [2.24, 2.45) is 5.73 Å². The Hall–Kier alpha value is -2.36. The molecule has 0 saturated carbocycles. The fourth-order valence-corrected chi connectivity index (χ4v) is 2.32. The maximum Gasteiger partial charge on any atom is 0.319 e. The predicted molar refractivity (Wildman–Crippen MR) is 82.5 cm³/mol. The number of anilines is 1. The monoisotopic (exact) mass is 303 g/mol. The lowest BCUT2D eigenvalue weighted by Crippen LogP contribution is -2.27. The van der Waals surface area contributed by atoms with E-state index in [2.05, 4.69) is 22.5 Å². The van der Waals surface area contributed by atoms with Crippen LogP contribution in [0.2, 0.25) is 0 Å². The number of urea groups is 1. The lowest BCUT2D eigenvalue weighted by atomic mass is 10.3. The first-order valence-corrected chi connectivity index (χ1v) is 7.12. The summed E-state index contributed by atoms with van der Waals surface area (Å²) in [4.78, 5) is 12.7. The highest BCUT2D eigenvalue weighted by Crippen LogP contribution is 2.13. The molecule has 0 radical (unpaired) electrons. The van der Waals surface area contributed by atoms with Crippen molar-refractivity contribution in [1.82, 2.24) is 5.32 Å². The van der Waals surface area contributed by atoms with E-state index in [0.29, 0.717) is 18.8 Å². The summed E-state index contributed by atoms with van der Waals surface area (Å²) in [5.41, 5.74) is 6.73. The standard InChI is InChI=1S/C15H14FN3OS/c16-12-3-5-13(6-4-12)19-15(20)18-9-14-8-11(10-21-14)2-1-7-17/h3-6,8,10H,7,9,17H2,(H2,18,19,20). The van der Waals surface area contributed by atoms with Gasteiger partial charge in [0.1, 0.15) is 5.82 Å². The maximum atomic E-state index is 12.7. The summed E-state index contributed by atoms with van der Waals surface area (Å²) in [6, 6.07) is 7.14. The normalized spacial score (nSPS) is 9.62. The largest absolute Gasteiger partial charge is 0.333 e. The van der Waals surface area contributed by atoms with Gasteiger partial charge in [-0.25, -0.2) is 9.18 Å². The molecule has 0 fully saturated rings. The van der Waals surface area contributed by atoms with E-state index in [4.69, 9.17) is 5.73 Å². The second-order valence-corrected chi connectivity index (χ2v) is 5.12. The van der Waals surface area contributed by atoms with E-state index < -0.39 is 0 Å². The number of halogens is 1. The summed E-state index contributed by atoms with van der Waals surface area (Å²) >= 11 is 1.51. The van der Waals surface area contributed by atoms with Crippen molar-refractivity contribution in [3.05, 3.63) is 52.0 Å². The molecule has 0 bridgehead atoms. The van der Waals surface area contributed by atoms with Crippen LogP contribution in [0, 0.1) is 17.7 Å². The third-order valence-corrected chi connectivity index (χ3v) is 3.45. The van der Waals surface area contributed by atoms with Crippen molar-refractivity contribution in [1.29, 1.82) is 0 Å². The van der Waals surface area contributed by atoms with Gasteiger partial charge < -0.3 is 16.4 Å². The van der Waals surface area contributed by atoms with Gasteiger partial charge in [-0.05, 0) is 30.3 Å². The number of hydrogen-bond donors (Lipinski definition) is 3. The third kappa shape index (κ3) is 4.91. The number of nitrogens with two attached hydrogens (primary N) is 1. The Balaban J connectivity index is 1.83. The van der Waals surface area contributed by atoms with Crippen molar-refractivity contribution in [3.63, 3.8) is 0 Å². The van der Waals surface area contributed by atoms with Gasteiger partial charge in [0, 0.05) is 21.5 Å². The zero-order chi connectivity index (χ0) is 15.1. The number of amides is 2. The highest BCUT2D eigenvalue weighted by Gasteiger charge is 2.03. The van der Waals surface area contributed by atoms with Gasteiger partial charge in [0.15, 0.2) is 0 Å². The number of hydrogen-bond acceptors (Lipinski definition) is 3. The Morgan fingerprint density at radius 3 is 2.81 bits per heavy atom. The lowest BCUT2D eigenvalue weighted by molar-refractivity contribution is 0.252. The smallest absolute Gasteiger partial charge is 0.319 e. The van der Waals surface area contributed by atoms with Crippen LogP contribution in [0.25, 0.3) is 0 Å². The van der Waals surface area contributed by atoms with E-state index >= 15 is 0 Å². The van der Waals surface area contributed by atoms with Crippen LogP contribution < -0.4 is 16.4 Å². The van der Waals surface area contributed by atoms with Crippen LogP contribution in [0.4, 0.5) is 14.9 Å². The van der Waals surface area contributed by atoms with Crippen LogP contribution in [0.3, 0.4) is 0 Å². The number of carbonyl (C=O) groups excluding carboxylic acids is 1. The van der Waals surface area contributed by atoms with Crippen LogP contribution in [0.5, 0.6) is 0 Å². The highest BCUT2D eigenvalue weighted by atomic mass is 32.1. The van der Waals surface area contributed by atoms with Crippen molar-refractivity contribution in [3.8, 4) is 11.8 Å². The van der Waals surface area contributed by atoms with Crippen molar-refractivity contribution < 1.29 is 9.18 Å². The number of carbonyl (C=O) groups is 1. The van der Waals surface area contributed by atoms with Crippen molar-refractivity contribution in [2.75, 3.05) is 11.9 Å². The van der Waals surface area contributed by atoms with E-state index in [0.717, 1.165) is 10.4 Å². The first-order chi connectivity index (χ1) is 10.2. The van der Waals surface area contributed by atoms with E-state index in [1.807, 2.05) is 11.4 Å². The molecule has 0 unspecified atom stereocenters. The van der Waals surface area contributed by atoms with Gasteiger partial charge in [-0.2, -0.15) is 0 Å². The minimum absolute atomic E-state index is 0.323. The van der Waals surface area contributed by atoms with Gasteiger partial charge in [0.25, 0.3) is 0 Å². The summed E-state index contributed by atoms with van der Waals surface area (Å²) in [7, 11) is 0. The molecule has 0 atom stereocenters. The Kier molecular flexibility index (Phi) is 5.32. The van der Waals surface area contributed by atoms with Gasteiger partial charge in [-0.3, -0.25) is 0 Å². The molecule has 6 heteroatoms. The van der Waals surface area contributed by atoms with E-state index in [1.165, 1.54) is 35.6 Å². The van der Waals surface area contributed by atoms with Crippen molar-refractivity contribution >= 4 is 23.1 Å². The molecule has 0 aliphatic heterocycles. The zero-order valence-corrected chi connectivity index (χ0v) is 12.0. The number of nitrogens with one attached hydrogen (secondary N) is 2. The topological polar surface area (TPSA) is 67.1 Å². The summed E-state index contributed by atoms with van der Waals surface area (Å²) < 4.78 is 12.7. The molecule has 0 aliphatic carbocycles. The molecule has 2 aromatic rings. The van der Waals surface area contributed by atoms with Gasteiger partial charge >= 0.3 is 6.03 Å². The Labute approximate surface area is 126 Å². The first-order valence-electron chi connectivity index (χ1n) is 6.24. The Morgan fingerprint density at radius 2 is 2.10 bits per heavy atom. The van der Waals surface area contributed by atoms with Crippen molar-refractivity contribution in [2.45, 2.75) is 6.54 Å². The summed E-state index contributed by atoms with van der Waals surface area (Å²) in [5, 5.41) is 7.26. The Bertz CT molecular complexity index is 670. The molecule has 0 aliphatic rings. The second-order valence-electron chi connectivity index (χ2n) is 4.12. The average molecular weight is 303 g/mol. The molecule has 1 aromatic carbocycles. The molecular formula is C15H14FN3OS. The van der Waals surface area contributed by atoms with E-state index in [-0.39, 0.29) is 11.8 Å². The SMILES string of the molecule is NCC#Cc1csc(CNC(=O)Nc2ccc(F)cc2)c1. The number of rotatable bonds is 3. The minimum Gasteiger partial charge on any atom is -0.333 e. The van der Waals surface area contributed by atoms with Crippen LogP contribution >= 0.6 is 11.3 Å². The van der Waals surface area contributed by atoms with Gasteiger partial charge in [0.2, 0.25) is 0 Å². The summed E-state index contributed by atoms with van der Waals surface area (Å²) in [6.07, 6.45) is 0. The molecule has 1 aromatic heterocycles. The van der Waals surface area contributed by atoms with Crippen LogP contribution in [-0.4, -0.2) is 12.6 Å². The molecule has 0 spiro atoms. The average Bonchev–Trinajstić information content (AvgIpc) is 2.93. The molecule has 4 nitrogen and oxygen atoms in total. The first kappa shape index (κ1) is 15.0. The Morgan fingerprint density at radius 1 is 1.33 bits per heavy atom. The fourth-order valence-electron chi connectivity index (χ4n) is 1.57. The highest BCUT2D eigenvalue weighted by molar-refractivity contribution is 7.10. The van der Waals surface area contributed by atoms with Gasteiger partial charge in [-0.15, -0.1) is 11.3 Å². The molecule has 108 valence electrons. The maximum absolute atomic E-state index is 12.7.